The van der Waals surface area contributed by atoms with Gasteiger partial charge in [0.15, 0.2) is 0 Å². The predicted molar refractivity (Wildman–Crippen MR) is 102 cm³/mol. The molecule has 2 atom stereocenters. The van der Waals surface area contributed by atoms with Crippen molar-refractivity contribution in [1.29, 1.82) is 0 Å². The van der Waals surface area contributed by atoms with E-state index in [0.29, 0.717) is 38.0 Å². The van der Waals surface area contributed by atoms with Gasteiger partial charge in [0, 0.05) is 59.9 Å². The van der Waals surface area contributed by atoms with E-state index in [1.807, 2.05) is 13.0 Å². The predicted octanol–water partition coefficient (Wildman–Crippen LogP) is 3.99. The lowest BCUT2D eigenvalue weighted by atomic mass is 9.92. The normalized spacial score (nSPS) is 28.9. The van der Waals surface area contributed by atoms with Crippen molar-refractivity contribution in [2.45, 2.75) is 81.8 Å². The number of aryl methyl sites for hydroxylation is 1. The smallest absolute Gasteiger partial charge is 0.252 e. The van der Waals surface area contributed by atoms with Crippen LogP contribution in [0.25, 0.3) is 0 Å². The molecule has 0 aromatic carbocycles. The first kappa shape index (κ1) is 19.3. The third-order valence-electron chi connectivity index (χ3n) is 6.06. The molecule has 4 nitrogen and oxygen atoms in total. The van der Waals surface area contributed by atoms with Crippen LogP contribution in [0.4, 0.5) is 8.78 Å². The second-order valence-corrected chi connectivity index (χ2v) is 9.51. The summed E-state index contributed by atoms with van der Waals surface area (Å²) in [5.74, 6) is -2.04. The number of thiophene rings is 1. The average Bonchev–Trinajstić information content (AvgIpc) is 3.29. The van der Waals surface area contributed by atoms with Gasteiger partial charge in [0.25, 0.3) is 5.91 Å². The Labute approximate surface area is 163 Å². The summed E-state index contributed by atoms with van der Waals surface area (Å²) >= 11 is 1.70. The van der Waals surface area contributed by atoms with Crippen LogP contribution in [0.5, 0.6) is 0 Å². The zero-order valence-electron chi connectivity index (χ0n) is 15.7. The maximum Gasteiger partial charge on any atom is 0.252 e. The first-order valence-electron chi connectivity index (χ1n) is 10.0. The van der Waals surface area contributed by atoms with E-state index in [1.54, 1.807) is 11.3 Å². The van der Waals surface area contributed by atoms with Crippen molar-refractivity contribution in [3.05, 3.63) is 21.4 Å². The average molecular weight is 399 g/mol. The summed E-state index contributed by atoms with van der Waals surface area (Å²) in [6, 6.07) is 2.81. The van der Waals surface area contributed by atoms with Gasteiger partial charge in [-0.1, -0.05) is 0 Å². The number of amides is 1. The van der Waals surface area contributed by atoms with Crippen molar-refractivity contribution in [2.24, 2.45) is 0 Å². The highest BCUT2D eigenvalue weighted by Crippen LogP contribution is 2.46. The molecule has 1 saturated heterocycles. The molecule has 1 aliphatic heterocycles. The lowest BCUT2D eigenvalue weighted by Gasteiger charge is -2.29. The van der Waals surface area contributed by atoms with Crippen LogP contribution >= 0.6 is 11.3 Å². The van der Waals surface area contributed by atoms with E-state index in [1.165, 1.54) is 4.88 Å². The molecule has 2 unspecified atom stereocenters. The van der Waals surface area contributed by atoms with Gasteiger partial charge in [-0.25, -0.2) is 8.78 Å². The van der Waals surface area contributed by atoms with E-state index < -0.39 is 5.92 Å². The lowest BCUT2D eigenvalue weighted by molar-refractivity contribution is -0.0405. The van der Waals surface area contributed by atoms with Crippen LogP contribution in [0.15, 0.2) is 6.07 Å². The van der Waals surface area contributed by atoms with Crippen LogP contribution in [0.1, 0.15) is 71.0 Å². The SMILES string of the molecule is Cc1sc(C2CC2NC2CCC(F)(F)CC2)cc1C(=O)NC1CCOCC1. The molecule has 4 rings (SSSR count). The number of halogens is 2. The van der Waals surface area contributed by atoms with Crippen molar-refractivity contribution >= 4 is 17.2 Å². The zero-order chi connectivity index (χ0) is 19.0. The fraction of sp³-hybridized carbons (Fsp3) is 0.750. The minimum Gasteiger partial charge on any atom is -0.381 e. The first-order chi connectivity index (χ1) is 12.9. The summed E-state index contributed by atoms with van der Waals surface area (Å²) in [5, 5.41) is 6.70. The zero-order valence-corrected chi connectivity index (χ0v) is 16.5. The highest BCUT2D eigenvalue weighted by Gasteiger charge is 2.43. The van der Waals surface area contributed by atoms with Crippen LogP contribution in [0.3, 0.4) is 0 Å². The quantitative estimate of drug-likeness (QED) is 0.789. The van der Waals surface area contributed by atoms with Gasteiger partial charge in [-0.2, -0.15) is 0 Å². The molecule has 7 heteroatoms. The molecule has 0 spiro atoms. The molecule has 150 valence electrons. The van der Waals surface area contributed by atoms with E-state index >= 15 is 0 Å². The van der Waals surface area contributed by atoms with Crippen molar-refractivity contribution < 1.29 is 18.3 Å². The van der Waals surface area contributed by atoms with E-state index in [-0.39, 0.29) is 30.8 Å². The molecule has 0 bridgehead atoms. The molecule has 1 amide bonds. The monoisotopic (exact) mass is 398 g/mol. The summed E-state index contributed by atoms with van der Waals surface area (Å²) in [5.41, 5.74) is 0.782. The summed E-state index contributed by atoms with van der Waals surface area (Å²) in [6.07, 6.45) is 3.88. The third-order valence-corrected chi connectivity index (χ3v) is 7.24. The number of carbonyl (C=O) groups excluding carboxylic acids is 1. The number of hydrogen-bond donors (Lipinski definition) is 2. The van der Waals surface area contributed by atoms with Gasteiger partial charge in [-0.05, 0) is 45.1 Å². The molecule has 0 radical (unpaired) electrons. The summed E-state index contributed by atoms with van der Waals surface area (Å²) in [7, 11) is 0. The summed E-state index contributed by atoms with van der Waals surface area (Å²) in [4.78, 5) is 14.9. The fourth-order valence-electron chi connectivity index (χ4n) is 4.22. The Morgan fingerprint density at radius 3 is 2.59 bits per heavy atom. The van der Waals surface area contributed by atoms with E-state index in [4.69, 9.17) is 4.74 Å². The van der Waals surface area contributed by atoms with Crippen LogP contribution in [-0.2, 0) is 4.74 Å². The van der Waals surface area contributed by atoms with Crippen LogP contribution in [-0.4, -0.2) is 43.2 Å². The number of nitrogens with one attached hydrogen (secondary N) is 2. The molecule has 2 aliphatic carbocycles. The Kier molecular flexibility index (Phi) is 5.54. The number of alkyl halides is 2. The van der Waals surface area contributed by atoms with Crippen molar-refractivity contribution in [1.82, 2.24) is 10.6 Å². The van der Waals surface area contributed by atoms with Gasteiger partial charge in [0.1, 0.15) is 0 Å². The third kappa shape index (κ3) is 4.69. The van der Waals surface area contributed by atoms with E-state index in [2.05, 4.69) is 10.6 Å². The molecule has 3 aliphatic rings. The molecule has 1 aromatic heterocycles. The molecule has 2 N–H and O–H groups in total. The maximum absolute atomic E-state index is 13.3. The maximum atomic E-state index is 13.3. The number of carbonyl (C=O) groups is 1. The van der Waals surface area contributed by atoms with Crippen LogP contribution in [0, 0.1) is 6.92 Å². The van der Waals surface area contributed by atoms with Crippen molar-refractivity contribution in [3.63, 3.8) is 0 Å². The molecule has 27 heavy (non-hydrogen) atoms. The van der Waals surface area contributed by atoms with E-state index in [9.17, 15) is 13.6 Å². The first-order valence-corrected chi connectivity index (χ1v) is 10.9. The largest absolute Gasteiger partial charge is 0.381 e. The Morgan fingerprint density at radius 1 is 1.19 bits per heavy atom. The number of ether oxygens (including phenoxy) is 1. The summed E-state index contributed by atoms with van der Waals surface area (Å²) in [6.45, 7) is 3.42. The van der Waals surface area contributed by atoms with Gasteiger partial charge in [-0.3, -0.25) is 4.79 Å². The van der Waals surface area contributed by atoms with Gasteiger partial charge in [0.2, 0.25) is 5.92 Å². The summed E-state index contributed by atoms with van der Waals surface area (Å²) < 4.78 is 31.9. The van der Waals surface area contributed by atoms with Gasteiger partial charge < -0.3 is 15.4 Å². The number of hydrogen-bond acceptors (Lipinski definition) is 4. The Hall–Kier alpha value is -1.05. The topological polar surface area (TPSA) is 50.4 Å². The second-order valence-electron chi connectivity index (χ2n) is 8.22. The highest BCUT2D eigenvalue weighted by atomic mass is 32.1. The standard InChI is InChI=1S/C20H28F2N2O2S/c1-12-15(19(25)24-14-4-8-26-9-5-14)11-18(27-12)16-10-17(16)23-13-2-6-20(21,22)7-3-13/h11,13-14,16-17,23H,2-10H2,1H3,(H,24,25). The minimum absolute atomic E-state index is 0.00328. The van der Waals surface area contributed by atoms with Crippen LogP contribution in [0.2, 0.25) is 0 Å². The molecule has 2 saturated carbocycles. The Bertz CT molecular complexity index is 678. The minimum atomic E-state index is -2.47. The molecule has 3 fully saturated rings. The second kappa shape index (κ2) is 7.76. The molecular formula is C20H28F2N2O2S. The van der Waals surface area contributed by atoms with Crippen LogP contribution < -0.4 is 10.6 Å². The fourth-order valence-corrected chi connectivity index (χ4v) is 5.43. The molecule has 1 aromatic rings. The number of rotatable bonds is 5. The molecular weight excluding hydrogens is 370 g/mol. The van der Waals surface area contributed by atoms with E-state index in [0.717, 1.165) is 29.7 Å². The molecule has 2 heterocycles. The van der Waals surface area contributed by atoms with Gasteiger partial charge in [-0.15, -0.1) is 11.3 Å². The highest BCUT2D eigenvalue weighted by molar-refractivity contribution is 7.12. The Balaban J connectivity index is 1.30. The van der Waals surface area contributed by atoms with Crippen molar-refractivity contribution in [2.75, 3.05) is 13.2 Å². The lowest BCUT2D eigenvalue weighted by Crippen LogP contribution is -2.39. The van der Waals surface area contributed by atoms with Gasteiger partial charge in [0.05, 0.1) is 5.56 Å². The Morgan fingerprint density at radius 2 is 1.89 bits per heavy atom. The van der Waals surface area contributed by atoms with Gasteiger partial charge >= 0.3 is 0 Å². The van der Waals surface area contributed by atoms with Crippen molar-refractivity contribution in [3.8, 4) is 0 Å².